The fourth-order valence-corrected chi connectivity index (χ4v) is 4.00. The van der Waals surface area contributed by atoms with Crippen molar-refractivity contribution in [1.82, 2.24) is 4.90 Å². The van der Waals surface area contributed by atoms with Gasteiger partial charge in [-0.2, -0.15) is 0 Å². The van der Waals surface area contributed by atoms with Crippen LogP contribution in [0.25, 0.3) is 0 Å². The topological polar surface area (TPSA) is 62.1 Å². The predicted octanol–water partition coefficient (Wildman–Crippen LogP) is -0.231. The minimum absolute atomic E-state index is 0.0163. The Morgan fingerprint density at radius 2 is 2.07 bits per heavy atom. The second kappa shape index (κ2) is 6.51. The molecule has 0 unspecified atom stereocenters. The molecule has 0 spiro atoms. The maximum atomic E-state index is 10.9. The van der Waals surface area contributed by atoms with Crippen molar-refractivity contribution < 1.29 is 27.8 Å². The van der Waals surface area contributed by atoms with Crippen LogP contribution in [0.3, 0.4) is 0 Å². The van der Waals surface area contributed by atoms with E-state index in [4.69, 9.17) is 11.6 Å². The Morgan fingerprint density at radius 3 is 2.47 bits per heavy atom. The van der Waals surface area contributed by atoms with Gasteiger partial charge in [-0.15, -0.1) is 0 Å². The molecule has 0 aliphatic heterocycles. The van der Waals surface area contributed by atoms with E-state index >= 15 is 0 Å². The molecule has 0 aromatic rings. The summed E-state index contributed by atoms with van der Waals surface area (Å²) in [7, 11) is 0.429. The molecule has 0 radical (unpaired) electrons. The zero-order valence-electron chi connectivity index (χ0n) is 8.56. The summed E-state index contributed by atoms with van der Waals surface area (Å²) in [5, 5.41) is -0.0163. The van der Waals surface area contributed by atoms with Gasteiger partial charge < -0.3 is 0 Å². The molecule has 86 valence electrons. The van der Waals surface area contributed by atoms with E-state index in [-0.39, 0.29) is 11.0 Å². The zero-order valence-corrected chi connectivity index (χ0v) is 13.1. The van der Waals surface area contributed by atoms with Gasteiger partial charge in [0.1, 0.15) is 0 Å². The normalized spacial score (nSPS) is 13.2. The second-order valence-electron chi connectivity index (χ2n) is 2.95. The van der Waals surface area contributed by atoms with Crippen molar-refractivity contribution in [3.63, 3.8) is 0 Å². The summed E-state index contributed by atoms with van der Waals surface area (Å²) in [6.07, 6.45) is 3.70. The number of amidine groups is 1. The summed E-state index contributed by atoms with van der Waals surface area (Å²) in [6.45, 7) is 0. The van der Waals surface area contributed by atoms with E-state index in [1.807, 2.05) is 0 Å². The van der Waals surface area contributed by atoms with Crippen LogP contribution in [0.4, 0.5) is 0 Å². The first-order valence-electron chi connectivity index (χ1n) is 3.79. The van der Waals surface area contributed by atoms with Gasteiger partial charge in [0.25, 0.3) is 0 Å². The molecule has 0 fully saturated rings. The molecule has 8 heteroatoms. The van der Waals surface area contributed by atoms with Crippen molar-refractivity contribution in [3.8, 4) is 0 Å². The van der Waals surface area contributed by atoms with E-state index in [0.29, 0.717) is 4.02 Å². The fourth-order valence-electron chi connectivity index (χ4n) is 0.526. The first-order valence-corrected chi connectivity index (χ1v) is 7.69. The van der Waals surface area contributed by atoms with Crippen LogP contribution in [0, 0.1) is 0 Å². The van der Waals surface area contributed by atoms with Crippen LogP contribution in [0.15, 0.2) is 9.98 Å². The summed E-state index contributed by atoms with van der Waals surface area (Å²) >= 11 is 6.59. The molecule has 0 rings (SSSR count). The molecule has 0 N–H and O–H groups in total. The molecule has 0 heterocycles. The molecule has 15 heavy (non-hydrogen) atoms. The molecule has 0 bridgehead atoms. The predicted molar refractivity (Wildman–Crippen MR) is 59.1 cm³/mol. The molecular weight excluding hydrogens is 409 g/mol. The Hall–Kier alpha value is -0.0617. The number of nitrogens with zero attached hydrogens (tertiary/aromatic N) is 3. The SMILES string of the molecule is CN(C)[C-]=NC(Cl)=N[C](=[W])CS(C)(=O)=O. The van der Waals surface area contributed by atoms with Gasteiger partial charge >= 0.3 is 106 Å². The van der Waals surface area contributed by atoms with E-state index < -0.39 is 9.84 Å². The van der Waals surface area contributed by atoms with Crippen molar-refractivity contribution >= 4 is 37.1 Å². The summed E-state index contributed by atoms with van der Waals surface area (Å²) < 4.78 is 22.3. The number of aliphatic imine (C=N–C) groups is 2. The quantitative estimate of drug-likeness (QED) is 0.208. The third-order valence-electron chi connectivity index (χ3n) is 0.945. The molecule has 0 aromatic heterocycles. The van der Waals surface area contributed by atoms with E-state index in [2.05, 4.69) is 16.3 Å². The Kier molecular flexibility index (Phi) is 6.48. The maximum absolute atomic E-state index is 10.9. The van der Waals surface area contributed by atoms with Crippen molar-refractivity contribution in [2.45, 2.75) is 0 Å². The van der Waals surface area contributed by atoms with Crippen LogP contribution in [0.5, 0.6) is 0 Å². The van der Waals surface area contributed by atoms with Gasteiger partial charge in [-0.1, -0.05) is 0 Å². The molecule has 0 saturated heterocycles. The molecule has 0 aliphatic rings. The van der Waals surface area contributed by atoms with Gasteiger partial charge in [-0.3, -0.25) is 0 Å². The number of halogens is 1. The zero-order chi connectivity index (χ0) is 12.1. The van der Waals surface area contributed by atoms with Crippen molar-refractivity contribution in [2.75, 3.05) is 26.1 Å². The fraction of sp³-hybridized carbons (Fsp3) is 0.571. The number of sulfone groups is 1. The van der Waals surface area contributed by atoms with Crippen molar-refractivity contribution in [2.24, 2.45) is 9.98 Å². The first kappa shape index (κ1) is 14.9. The Labute approximate surface area is 106 Å². The van der Waals surface area contributed by atoms with E-state index in [1.54, 1.807) is 19.0 Å². The average molecular weight is 421 g/mol. The third-order valence-corrected chi connectivity index (χ3v) is 3.48. The number of rotatable bonds is 4. The Morgan fingerprint density at radius 1 is 1.53 bits per heavy atom. The monoisotopic (exact) mass is 420 g/mol. The molecule has 0 saturated carbocycles. The average Bonchev–Trinajstić information content (AvgIpc) is 1.96. The summed E-state index contributed by atoms with van der Waals surface area (Å²) in [4.78, 5) is 9.10. The second-order valence-corrected chi connectivity index (χ2v) is 7.12. The number of hydrogen-bond acceptors (Lipinski definition) is 3. The molecule has 0 amide bonds. The van der Waals surface area contributed by atoms with Crippen LogP contribution in [0.1, 0.15) is 0 Å². The van der Waals surface area contributed by atoms with Gasteiger partial charge in [0, 0.05) is 0 Å². The Bertz CT molecular complexity index is 389. The molecule has 0 aromatic carbocycles. The minimum atomic E-state index is -3.05. The molecule has 5 nitrogen and oxygen atoms in total. The van der Waals surface area contributed by atoms with Crippen molar-refractivity contribution in [3.05, 3.63) is 0 Å². The first-order chi connectivity index (χ1) is 6.70. The number of hydrogen-bond donors (Lipinski definition) is 0. The van der Waals surface area contributed by atoms with E-state index in [9.17, 15) is 8.42 Å². The molecule has 0 aliphatic carbocycles. The van der Waals surface area contributed by atoms with Crippen LogP contribution in [-0.2, 0) is 29.2 Å². The third kappa shape index (κ3) is 10.2. The van der Waals surface area contributed by atoms with Crippen molar-refractivity contribution in [1.29, 1.82) is 0 Å². The van der Waals surface area contributed by atoms with Gasteiger partial charge in [-0.25, -0.2) is 0 Å². The van der Waals surface area contributed by atoms with E-state index in [1.165, 1.54) is 0 Å². The van der Waals surface area contributed by atoms with E-state index in [0.717, 1.165) is 25.6 Å². The van der Waals surface area contributed by atoms with Gasteiger partial charge in [0.2, 0.25) is 0 Å². The van der Waals surface area contributed by atoms with Crippen LogP contribution >= 0.6 is 11.6 Å². The standard InChI is InChI=1S/C7H11ClN3O2S.W/c1-11(2)6-10-7(8)9-4-5-14(3,12)13;/h5H2,1-3H3;/q-1;. The van der Waals surface area contributed by atoms with Crippen LogP contribution in [0.2, 0.25) is 0 Å². The summed E-state index contributed by atoms with van der Waals surface area (Å²) in [6, 6.07) is 0. The van der Waals surface area contributed by atoms with Gasteiger partial charge in [0.05, 0.1) is 0 Å². The van der Waals surface area contributed by atoms with Crippen LogP contribution in [-0.4, -0.2) is 55.1 Å². The Balaban J connectivity index is 4.44. The van der Waals surface area contributed by atoms with Crippen LogP contribution < -0.4 is 0 Å². The van der Waals surface area contributed by atoms with Gasteiger partial charge in [0.15, 0.2) is 0 Å². The molecular formula is C7H11ClN3O2SW-. The summed E-state index contributed by atoms with van der Waals surface area (Å²) in [5.74, 6) is -0.0873. The van der Waals surface area contributed by atoms with Gasteiger partial charge in [-0.05, 0) is 0 Å². The molecule has 0 atom stereocenters. The summed E-state index contributed by atoms with van der Waals surface area (Å²) in [5.41, 5.74) is 0.